The number of anilines is 1. The summed E-state index contributed by atoms with van der Waals surface area (Å²) in [5.74, 6) is 0.670. The molecule has 198 valence electrons. The molecule has 4 rings (SSSR count). The topological polar surface area (TPSA) is 93.8 Å². The van der Waals surface area contributed by atoms with Crippen molar-refractivity contribution in [3.05, 3.63) is 35.9 Å². The maximum Gasteiger partial charge on any atom is 0.409 e. The van der Waals surface area contributed by atoms with Gasteiger partial charge in [0.05, 0.1) is 25.1 Å². The molecule has 2 aliphatic heterocycles. The van der Waals surface area contributed by atoms with Gasteiger partial charge in [-0.3, -0.25) is 0 Å². The van der Waals surface area contributed by atoms with Gasteiger partial charge in [0.1, 0.15) is 12.0 Å². The van der Waals surface area contributed by atoms with Crippen molar-refractivity contribution in [1.29, 1.82) is 0 Å². The monoisotopic (exact) mass is 505 g/mol. The van der Waals surface area contributed by atoms with Gasteiger partial charge in [-0.15, -0.1) is 0 Å². The van der Waals surface area contributed by atoms with E-state index in [1.54, 1.807) is 17.3 Å². The van der Waals surface area contributed by atoms with E-state index in [-0.39, 0.29) is 36.4 Å². The number of nitrogens with two attached hydrogens (primary N) is 1. The van der Waals surface area contributed by atoms with E-state index >= 15 is 0 Å². The van der Waals surface area contributed by atoms with Gasteiger partial charge in [-0.25, -0.2) is 23.5 Å². The van der Waals surface area contributed by atoms with Gasteiger partial charge < -0.3 is 25.0 Å². The SMILES string of the molecule is CCCCOC(=O)N1CCC([C@H](C)Oc2cnc(N3C[C@H](C4=CC(F)CC=C4F)[C@@H](N)C3)nc2)CC1. The summed E-state index contributed by atoms with van der Waals surface area (Å²) < 4.78 is 39.5. The molecule has 4 atom stereocenters. The van der Waals surface area contributed by atoms with Crippen LogP contribution in [0.2, 0.25) is 0 Å². The largest absolute Gasteiger partial charge is 0.487 e. The number of allylic oxidation sites excluding steroid dienone is 3. The molecule has 1 amide bonds. The summed E-state index contributed by atoms with van der Waals surface area (Å²) in [5.41, 5.74) is 6.62. The number of likely N-dealkylation sites (tertiary alicyclic amines) is 1. The normalized spacial score (nSPS) is 25.9. The first-order chi connectivity index (χ1) is 17.4. The summed E-state index contributed by atoms with van der Waals surface area (Å²) in [4.78, 5) is 24.7. The van der Waals surface area contributed by atoms with Crippen molar-refractivity contribution in [2.24, 2.45) is 17.6 Å². The first-order valence-corrected chi connectivity index (χ1v) is 13.0. The molecule has 0 spiro atoms. The van der Waals surface area contributed by atoms with Crippen LogP contribution in [0.25, 0.3) is 0 Å². The Bertz CT molecular complexity index is 949. The third kappa shape index (κ3) is 6.32. The molecule has 1 aromatic heterocycles. The number of hydrogen-bond acceptors (Lipinski definition) is 7. The zero-order chi connectivity index (χ0) is 25.7. The van der Waals surface area contributed by atoms with Crippen molar-refractivity contribution in [3.63, 3.8) is 0 Å². The number of piperidine rings is 1. The number of rotatable bonds is 8. The van der Waals surface area contributed by atoms with Crippen LogP contribution in [0.15, 0.2) is 35.9 Å². The Hall–Kier alpha value is -2.75. The number of alkyl halides is 1. The fourth-order valence-corrected chi connectivity index (χ4v) is 5.09. The van der Waals surface area contributed by atoms with Gasteiger partial charge in [-0.05, 0) is 49.8 Å². The van der Waals surface area contributed by atoms with Crippen molar-refractivity contribution < 1.29 is 23.0 Å². The van der Waals surface area contributed by atoms with Crippen molar-refractivity contribution in [2.75, 3.05) is 37.7 Å². The van der Waals surface area contributed by atoms with Crippen molar-refractivity contribution >= 4 is 12.0 Å². The Labute approximate surface area is 211 Å². The molecular weight excluding hydrogens is 468 g/mol. The van der Waals surface area contributed by atoms with E-state index in [1.807, 2.05) is 11.8 Å². The molecule has 2 fully saturated rings. The van der Waals surface area contributed by atoms with Gasteiger partial charge in [-0.2, -0.15) is 0 Å². The van der Waals surface area contributed by atoms with E-state index in [9.17, 15) is 13.6 Å². The van der Waals surface area contributed by atoms with Crippen LogP contribution in [-0.4, -0.2) is 72.1 Å². The van der Waals surface area contributed by atoms with E-state index in [4.69, 9.17) is 15.2 Å². The predicted octanol–water partition coefficient (Wildman–Crippen LogP) is 4.18. The number of carbonyl (C=O) groups excluding carboxylic acids is 1. The third-order valence-corrected chi connectivity index (χ3v) is 7.33. The molecule has 0 saturated carbocycles. The summed E-state index contributed by atoms with van der Waals surface area (Å²) in [5, 5.41) is 0. The van der Waals surface area contributed by atoms with Gasteiger partial charge in [0.2, 0.25) is 5.95 Å². The van der Waals surface area contributed by atoms with E-state index in [1.165, 1.54) is 12.2 Å². The second kappa shape index (κ2) is 12.0. The van der Waals surface area contributed by atoms with Crippen molar-refractivity contribution in [2.45, 2.75) is 64.3 Å². The van der Waals surface area contributed by atoms with Crippen LogP contribution in [0.1, 0.15) is 46.0 Å². The molecule has 3 heterocycles. The highest BCUT2D eigenvalue weighted by atomic mass is 19.1. The van der Waals surface area contributed by atoms with Gasteiger partial charge in [0.15, 0.2) is 5.75 Å². The number of aromatic nitrogens is 2. The maximum absolute atomic E-state index is 14.3. The van der Waals surface area contributed by atoms with Crippen molar-refractivity contribution in [1.82, 2.24) is 14.9 Å². The quantitative estimate of drug-likeness (QED) is 0.530. The Morgan fingerprint density at radius 3 is 2.67 bits per heavy atom. The highest BCUT2D eigenvalue weighted by Crippen LogP contribution is 2.34. The fraction of sp³-hybridized carbons (Fsp3) is 0.654. The van der Waals surface area contributed by atoms with E-state index < -0.39 is 6.17 Å². The Morgan fingerprint density at radius 1 is 1.25 bits per heavy atom. The lowest BCUT2D eigenvalue weighted by Gasteiger charge is -2.34. The molecule has 2 N–H and O–H groups in total. The Balaban J connectivity index is 1.27. The highest BCUT2D eigenvalue weighted by Gasteiger charge is 2.36. The van der Waals surface area contributed by atoms with Gasteiger partial charge >= 0.3 is 6.09 Å². The highest BCUT2D eigenvalue weighted by molar-refractivity contribution is 5.67. The average molecular weight is 506 g/mol. The lowest BCUT2D eigenvalue weighted by atomic mass is 9.89. The van der Waals surface area contributed by atoms with Crippen LogP contribution in [0.5, 0.6) is 5.75 Å². The summed E-state index contributed by atoms with van der Waals surface area (Å²) >= 11 is 0. The number of unbranched alkanes of at least 4 members (excludes halogenated alkanes) is 1. The van der Waals surface area contributed by atoms with Gasteiger partial charge in [-0.1, -0.05) is 13.3 Å². The summed E-state index contributed by atoms with van der Waals surface area (Å²) in [6, 6.07) is -0.338. The predicted molar refractivity (Wildman–Crippen MR) is 133 cm³/mol. The molecule has 2 saturated heterocycles. The van der Waals surface area contributed by atoms with Crippen LogP contribution >= 0.6 is 0 Å². The number of halogens is 2. The standard InChI is InChI=1S/C26H37F2N5O3/c1-3-4-11-35-26(34)32-9-7-18(8-10-32)17(2)36-20-13-30-25(31-14-20)33-15-22(24(29)16-33)21-12-19(27)5-6-23(21)28/h6,12-14,17-19,22,24H,3-5,7-11,15-16,29H2,1-2H3/t17-,19?,22+,24-/m0/s1. The minimum Gasteiger partial charge on any atom is -0.487 e. The Morgan fingerprint density at radius 2 is 1.97 bits per heavy atom. The number of ether oxygens (including phenoxy) is 2. The van der Waals surface area contributed by atoms with Crippen LogP contribution < -0.4 is 15.4 Å². The van der Waals surface area contributed by atoms with Crippen LogP contribution in [-0.2, 0) is 4.74 Å². The van der Waals surface area contributed by atoms with E-state index in [2.05, 4.69) is 16.9 Å². The number of amides is 1. The molecule has 1 unspecified atom stereocenters. The fourth-order valence-electron chi connectivity index (χ4n) is 5.09. The maximum atomic E-state index is 14.3. The second-order valence-electron chi connectivity index (χ2n) is 9.94. The first-order valence-electron chi connectivity index (χ1n) is 13.0. The van der Waals surface area contributed by atoms with Crippen LogP contribution in [0, 0.1) is 11.8 Å². The third-order valence-electron chi connectivity index (χ3n) is 7.33. The molecule has 0 bridgehead atoms. The molecule has 8 nitrogen and oxygen atoms in total. The zero-order valence-electron chi connectivity index (χ0n) is 21.1. The second-order valence-corrected chi connectivity index (χ2v) is 9.94. The summed E-state index contributed by atoms with van der Waals surface area (Å²) in [6.45, 7) is 6.76. The Kier molecular flexibility index (Phi) is 8.77. The minimum atomic E-state index is -1.18. The number of carbonyl (C=O) groups is 1. The molecule has 10 heteroatoms. The number of hydrogen-bond donors (Lipinski definition) is 1. The minimum absolute atomic E-state index is 0.0519. The van der Waals surface area contributed by atoms with Crippen LogP contribution in [0.4, 0.5) is 19.5 Å². The van der Waals surface area contributed by atoms with Gasteiger partial charge in [0.25, 0.3) is 0 Å². The molecule has 1 aliphatic carbocycles. The summed E-state index contributed by atoms with van der Waals surface area (Å²) in [6.07, 6.45) is 8.08. The zero-order valence-corrected chi connectivity index (χ0v) is 21.1. The van der Waals surface area contributed by atoms with Crippen LogP contribution in [0.3, 0.4) is 0 Å². The summed E-state index contributed by atoms with van der Waals surface area (Å²) in [7, 11) is 0. The lowest BCUT2D eigenvalue weighted by Crippen LogP contribution is -2.42. The first kappa shape index (κ1) is 26.3. The molecule has 36 heavy (non-hydrogen) atoms. The molecule has 1 aromatic rings. The lowest BCUT2D eigenvalue weighted by molar-refractivity contribution is 0.0630. The average Bonchev–Trinajstić information content (AvgIpc) is 3.27. The molecule has 0 radical (unpaired) electrons. The molecular formula is C26H37F2N5O3. The van der Waals surface area contributed by atoms with E-state index in [0.717, 1.165) is 25.7 Å². The van der Waals surface area contributed by atoms with Gasteiger partial charge in [0, 0.05) is 44.6 Å². The van der Waals surface area contributed by atoms with E-state index in [0.29, 0.717) is 56.0 Å². The smallest absolute Gasteiger partial charge is 0.409 e. The molecule has 0 aromatic carbocycles. The molecule has 3 aliphatic rings. The van der Waals surface area contributed by atoms with Crippen molar-refractivity contribution in [3.8, 4) is 5.75 Å². The number of nitrogens with zero attached hydrogens (tertiary/aromatic N) is 4.